The van der Waals surface area contributed by atoms with Gasteiger partial charge in [-0.2, -0.15) is 0 Å². The van der Waals surface area contributed by atoms with Gasteiger partial charge in [-0.15, -0.1) is 5.23 Å². The molecule has 1 aliphatic rings. The van der Waals surface area contributed by atoms with Crippen molar-refractivity contribution >= 4 is 17.6 Å². The van der Waals surface area contributed by atoms with Crippen LogP contribution < -0.4 is 10.1 Å². The summed E-state index contributed by atoms with van der Waals surface area (Å²) in [7, 11) is 0. The van der Waals surface area contributed by atoms with Gasteiger partial charge in [-0.25, -0.2) is 9.78 Å². The molecule has 1 saturated heterocycles. The van der Waals surface area contributed by atoms with Gasteiger partial charge >= 0.3 is 6.09 Å². The zero-order valence-electron chi connectivity index (χ0n) is 13.1. The molecule has 1 amide bonds. The van der Waals surface area contributed by atoms with E-state index in [0.717, 1.165) is 5.69 Å². The summed E-state index contributed by atoms with van der Waals surface area (Å²) in [5.41, 5.74) is 0.378. The SMILES string of the molecule is CC(C)(C)OC(=O)N1CCN(c2ccc(N(O)O)nc2)CC1. The third kappa shape index (κ3) is 4.22. The molecular formula is C14H22N4O4. The summed E-state index contributed by atoms with van der Waals surface area (Å²) >= 11 is 0. The Morgan fingerprint density at radius 1 is 1.23 bits per heavy atom. The first-order valence-electron chi connectivity index (χ1n) is 7.13. The number of pyridine rings is 1. The van der Waals surface area contributed by atoms with Gasteiger partial charge < -0.3 is 14.5 Å². The minimum atomic E-state index is -0.492. The first-order valence-corrected chi connectivity index (χ1v) is 7.13. The Morgan fingerprint density at radius 3 is 2.32 bits per heavy atom. The number of aromatic nitrogens is 1. The van der Waals surface area contributed by atoms with Crippen molar-refractivity contribution in [1.29, 1.82) is 0 Å². The second-order valence-corrected chi connectivity index (χ2v) is 6.12. The van der Waals surface area contributed by atoms with Gasteiger partial charge in [0.15, 0.2) is 5.82 Å². The summed E-state index contributed by atoms with van der Waals surface area (Å²) in [5.74, 6) is 0.0520. The van der Waals surface area contributed by atoms with E-state index in [2.05, 4.69) is 9.88 Å². The third-order valence-corrected chi connectivity index (χ3v) is 3.23. The molecule has 0 aromatic carbocycles. The van der Waals surface area contributed by atoms with Crippen molar-refractivity contribution < 1.29 is 19.9 Å². The molecule has 0 unspecified atom stereocenters. The van der Waals surface area contributed by atoms with E-state index in [9.17, 15) is 4.79 Å². The van der Waals surface area contributed by atoms with E-state index in [1.807, 2.05) is 20.8 Å². The molecule has 2 heterocycles. The monoisotopic (exact) mass is 310 g/mol. The van der Waals surface area contributed by atoms with Crippen molar-refractivity contribution in [3.8, 4) is 0 Å². The topological polar surface area (TPSA) is 89.4 Å². The fourth-order valence-corrected chi connectivity index (χ4v) is 2.16. The molecule has 0 spiro atoms. The smallest absolute Gasteiger partial charge is 0.410 e. The highest BCUT2D eigenvalue weighted by atomic mass is 16.8. The molecule has 1 fully saturated rings. The van der Waals surface area contributed by atoms with E-state index >= 15 is 0 Å². The Balaban J connectivity index is 1.90. The van der Waals surface area contributed by atoms with Crippen LogP contribution >= 0.6 is 0 Å². The number of amides is 1. The zero-order valence-corrected chi connectivity index (χ0v) is 13.1. The van der Waals surface area contributed by atoms with E-state index < -0.39 is 5.60 Å². The van der Waals surface area contributed by atoms with Gasteiger partial charge in [0.05, 0.1) is 11.9 Å². The van der Waals surface area contributed by atoms with Gasteiger partial charge in [0.25, 0.3) is 0 Å². The lowest BCUT2D eigenvalue weighted by Gasteiger charge is -2.36. The highest BCUT2D eigenvalue weighted by Crippen LogP contribution is 2.19. The summed E-state index contributed by atoms with van der Waals surface area (Å²) in [5, 5.41) is 17.7. The molecule has 1 aromatic heterocycles. The Hall–Kier alpha value is -2.06. The number of carbonyl (C=O) groups excluding carboxylic acids is 1. The van der Waals surface area contributed by atoms with Crippen LogP contribution in [0.25, 0.3) is 0 Å². The lowest BCUT2D eigenvalue weighted by Crippen LogP contribution is -2.50. The number of carbonyl (C=O) groups is 1. The van der Waals surface area contributed by atoms with Crippen LogP contribution in [-0.2, 0) is 4.74 Å². The minimum Gasteiger partial charge on any atom is -0.444 e. The molecule has 8 nitrogen and oxygen atoms in total. The summed E-state index contributed by atoms with van der Waals surface area (Å²) in [6.07, 6.45) is 1.27. The highest BCUT2D eigenvalue weighted by Gasteiger charge is 2.26. The number of ether oxygens (including phenoxy) is 1. The van der Waals surface area contributed by atoms with E-state index in [1.54, 1.807) is 17.2 Å². The molecule has 0 radical (unpaired) electrons. The van der Waals surface area contributed by atoms with Crippen LogP contribution in [0.3, 0.4) is 0 Å². The number of anilines is 2. The van der Waals surface area contributed by atoms with Crippen LogP contribution in [0.15, 0.2) is 18.3 Å². The number of nitrogens with zero attached hydrogens (tertiary/aromatic N) is 4. The van der Waals surface area contributed by atoms with Gasteiger partial charge in [-0.05, 0) is 32.9 Å². The molecule has 8 heteroatoms. The van der Waals surface area contributed by atoms with E-state index in [-0.39, 0.29) is 17.1 Å². The third-order valence-electron chi connectivity index (χ3n) is 3.23. The molecule has 1 aromatic rings. The zero-order chi connectivity index (χ0) is 16.3. The molecule has 0 bridgehead atoms. The Labute approximate surface area is 129 Å². The first kappa shape index (κ1) is 16.3. The second-order valence-electron chi connectivity index (χ2n) is 6.12. The largest absolute Gasteiger partial charge is 0.444 e. The van der Waals surface area contributed by atoms with Gasteiger partial charge in [0.1, 0.15) is 5.60 Å². The van der Waals surface area contributed by atoms with E-state index in [0.29, 0.717) is 26.2 Å². The fraction of sp³-hybridized carbons (Fsp3) is 0.571. The lowest BCUT2D eigenvalue weighted by atomic mass is 10.2. The maximum atomic E-state index is 12.0. The number of hydrogen-bond donors (Lipinski definition) is 2. The van der Waals surface area contributed by atoms with Crippen LogP contribution in [-0.4, -0.2) is 58.2 Å². The van der Waals surface area contributed by atoms with Gasteiger partial charge in [-0.3, -0.25) is 10.4 Å². The quantitative estimate of drug-likeness (QED) is 0.804. The van der Waals surface area contributed by atoms with Gasteiger partial charge in [-0.1, -0.05) is 0 Å². The summed E-state index contributed by atoms with van der Waals surface area (Å²) in [6, 6.07) is 3.26. The molecule has 0 atom stereocenters. The highest BCUT2D eigenvalue weighted by molar-refractivity contribution is 5.68. The molecule has 0 saturated carbocycles. The van der Waals surface area contributed by atoms with Crippen LogP contribution in [0.2, 0.25) is 0 Å². The predicted molar refractivity (Wildman–Crippen MR) is 80.3 cm³/mol. The standard InChI is InChI=1S/C14H22N4O4/c1-14(2,3)22-13(19)17-8-6-16(7-9-17)11-4-5-12(15-10-11)18(20)21/h4-5,10,20-21H,6-9H2,1-3H3. The van der Waals surface area contributed by atoms with Crippen molar-refractivity contribution in [3.05, 3.63) is 18.3 Å². The lowest BCUT2D eigenvalue weighted by molar-refractivity contribution is 0.0237. The Bertz CT molecular complexity index is 505. The maximum absolute atomic E-state index is 12.0. The van der Waals surface area contributed by atoms with Crippen molar-refractivity contribution in [2.24, 2.45) is 0 Å². The van der Waals surface area contributed by atoms with Crippen LogP contribution in [0.4, 0.5) is 16.3 Å². The molecule has 1 aliphatic heterocycles. The van der Waals surface area contributed by atoms with Gasteiger partial charge in [0.2, 0.25) is 0 Å². The van der Waals surface area contributed by atoms with Crippen LogP contribution in [0.1, 0.15) is 20.8 Å². The number of hydrogen-bond acceptors (Lipinski definition) is 7. The van der Waals surface area contributed by atoms with Crippen molar-refractivity contribution in [2.75, 3.05) is 36.3 Å². The normalized spacial score (nSPS) is 15.7. The van der Waals surface area contributed by atoms with Gasteiger partial charge in [0, 0.05) is 26.2 Å². The van der Waals surface area contributed by atoms with E-state index in [4.69, 9.17) is 15.2 Å². The maximum Gasteiger partial charge on any atom is 0.410 e. The number of rotatable bonds is 2. The van der Waals surface area contributed by atoms with Crippen molar-refractivity contribution in [3.63, 3.8) is 0 Å². The fourth-order valence-electron chi connectivity index (χ4n) is 2.16. The average Bonchev–Trinajstić information content (AvgIpc) is 2.46. The molecular weight excluding hydrogens is 288 g/mol. The van der Waals surface area contributed by atoms with Crippen molar-refractivity contribution in [1.82, 2.24) is 9.88 Å². The molecule has 122 valence electrons. The summed E-state index contributed by atoms with van der Waals surface area (Å²) in [4.78, 5) is 19.7. The molecule has 0 aliphatic carbocycles. The van der Waals surface area contributed by atoms with Crippen molar-refractivity contribution in [2.45, 2.75) is 26.4 Å². The van der Waals surface area contributed by atoms with E-state index in [1.165, 1.54) is 6.07 Å². The Kier molecular flexibility index (Phi) is 4.72. The summed E-state index contributed by atoms with van der Waals surface area (Å²) in [6.45, 7) is 8.02. The molecule has 2 rings (SSSR count). The number of piperazine rings is 1. The molecule has 2 N–H and O–H groups in total. The van der Waals surface area contributed by atoms with Crippen LogP contribution in [0, 0.1) is 0 Å². The molecule has 22 heavy (non-hydrogen) atoms. The summed E-state index contributed by atoms with van der Waals surface area (Å²) < 4.78 is 5.36. The Morgan fingerprint density at radius 2 is 1.86 bits per heavy atom. The minimum absolute atomic E-state index is 0.0236. The predicted octanol–water partition coefficient (Wildman–Crippen LogP) is 1.72. The van der Waals surface area contributed by atoms with Crippen LogP contribution in [0.5, 0.6) is 0 Å². The second kappa shape index (κ2) is 6.37. The first-order chi connectivity index (χ1) is 10.3. The average molecular weight is 310 g/mol.